The molecule has 0 saturated carbocycles. The molecule has 1 N–H and O–H groups in total. The van der Waals surface area contributed by atoms with Gasteiger partial charge >= 0.3 is 0 Å². The van der Waals surface area contributed by atoms with Gasteiger partial charge < -0.3 is 5.32 Å². The van der Waals surface area contributed by atoms with E-state index in [1.54, 1.807) is 4.52 Å². The first-order valence-corrected chi connectivity index (χ1v) is 6.18. The van der Waals surface area contributed by atoms with Crippen LogP contribution < -0.4 is 5.32 Å². The van der Waals surface area contributed by atoms with Crippen molar-refractivity contribution in [1.29, 1.82) is 0 Å². The minimum absolute atomic E-state index is 0.0981. The number of rotatable bonds is 2. The van der Waals surface area contributed by atoms with Crippen LogP contribution in [0.4, 0.5) is 0 Å². The van der Waals surface area contributed by atoms with Gasteiger partial charge in [-0.1, -0.05) is 6.07 Å². The van der Waals surface area contributed by atoms with Crippen molar-refractivity contribution in [3.8, 4) is 0 Å². The third-order valence-electron chi connectivity index (χ3n) is 3.28. The lowest BCUT2D eigenvalue weighted by atomic mass is 9.98. The van der Waals surface area contributed by atoms with E-state index in [0.717, 1.165) is 41.7 Å². The Kier molecular flexibility index (Phi) is 2.63. The van der Waals surface area contributed by atoms with Gasteiger partial charge in [0.05, 0.1) is 16.8 Å². The highest BCUT2D eigenvalue weighted by Gasteiger charge is 2.21. The number of carbonyl (C=O) groups is 1. The lowest BCUT2D eigenvalue weighted by Gasteiger charge is -2.12. The summed E-state index contributed by atoms with van der Waals surface area (Å²) in [5.41, 5.74) is 3.25. The topological polar surface area (TPSA) is 46.4 Å². The van der Waals surface area contributed by atoms with E-state index in [2.05, 4.69) is 10.4 Å². The Morgan fingerprint density at radius 3 is 3.11 bits per heavy atom. The van der Waals surface area contributed by atoms with E-state index >= 15 is 0 Å². The van der Waals surface area contributed by atoms with E-state index in [9.17, 15) is 4.79 Å². The van der Waals surface area contributed by atoms with Gasteiger partial charge in [0, 0.05) is 24.5 Å². The van der Waals surface area contributed by atoms with Crippen LogP contribution in [0.15, 0.2) is 36.2 Å². The Labute approximate surface area is 105 Å². The number of ketones is 1. The van der Waals surface area contributed by atoms with Crippen LogP contribution in [0.5, 0.6) is 0 Å². The van der Waals surface area contributed by atoms with Gasteiger partial charge in [-0.05, 0) is 31.9 Å². The van der Waals surface area contributed by atoms with Crippen molar-refractivity contribution in [2.24, 2.45) is 0 Å². The van der Waals surface area contributed by atoms with Gasteiger partial charge in [0.1, 0.15) is 0 Å². The van der Waals surface area contributed by atoms with E-state index in [1.165, 1.54) is 0 Å². The van der Waals surface area contributed by atoms with Crippen molar-refractivity contribution < 1.29 is 4.79 Å². The Morgan fingerprint density at radius 2 is 2.33 bits per heavy atom. The molecule has 92 valence electrons. The molecule has 0 atom stereocenters. The van der Waals surface area contributed by atoms with Crippen molar-refractivity contribution in [3.05, 3.63) is 47.4 Å². The highest BCUT2D eigenvalue weighted by molar-refractivity contribution is 6.13. The number of hydrogen-bond acceptors (Lipinski definition) is 3. The smallest absolute Gasteiger partial charge is 0.194 e. The van der Waals surface area contributed by atoms with E-state index in [-0.39, 0.29) is 5.78 Å². The number of pyridine rings is 1. The molecular weight excluding hydrogens is 226 g/mol. The summed E-state index contributed by atoms with van der Waals surface area (Å²) >= 11 is 0. The molecule has 1 aliphatic heterocycles. The van der Waals surface area contributed by atoms with Crippen LogP contribution in [-0.2, 0) is 0 Å². The van der Waals surface area contributed by atoms with Gasteiger partial charge in [0.25, 0.3) is 0 Å². The monoisotopic (exact) mass is 241 g/mol. The maximum Gasteiger partial charge on any atom is 0.194 e. The van der Waals surface area contributed by atoms with Crippen molar-refractivity contribution in [3.63, 3.8) is 0 Å². The van der Waals surface area contributed by atoms with Crippen LogP contribution >= 0.6 is 0 Å². The molecule has 1 aliphatic rings. The first kappa shape index (κ1) is 11.0. The van der Waals surface area contributed by atoms with Crippen molar-refractivity contribution in [2.75, 3.05) is 6.54 Å². The van der Waals surface area contributed by atoms with Crippen LogP contribution in [0.2, 0.25) is 0 Å². The van der Waals surface area contributed by atoms with Gasteiger partial charge in [-0.2, -0.15) is 5.10 Å². The third kappa shape index (κ3) is 1.70. The Hall–Kier alpha value is -2.10. The molecule has 0 unspecified atom stereocenters. The van der Waals surface area contributed by atoms with Crippen molar-refractivity contribution in [1.82, 2.24) is 14.9 Å². The molecule has 4 nitrogen and oxygen atoms in total. The number of carbonyl (C=O) groups excluding carboxylic acids is 1. The summed E-state index contributed by atoms with van der Waals surface area (Å²) in [6, 6.07) is 5.78. The summed E-state index contributed by atoms with van der Waals surface area (Å²) in [7, 11) is 0. The first-order chi connectivity index (χ1) is 8.77. The predicted molar refractivity (Wildman–Crippen MR) is 69.6 cm³/mol. The lowest BCUT2D eigenvalue weighted by molar-refractivity contribution is 0.102. The normalized spacial score (nSPS) is 15.3. The fourth-order valence-electron chi connectivity index (χ4n) is 2.39. The third-order valence-corrected chi connectivity index (χ3v) is 3.28. The molecule has 4 heteroatoms. The summed E-state index contributed by atoms with van der Waals surface area (Å²) in [5.74, 6) is 0.0981. The highest BCUT2D eigenvalue weighted by Crippen LogP contribution is 2.21. The predicted octanol–water partition coefficient (Wildman–Crippen LogP) is 2.09. The van der Waals surface area contributed by atoms with Crippen LogP contribution in [0.3, 0.4) is 0 Å². The highest BCUT2D eigenvalue weighted by atomic mass is 16.1. The first-order valence-electron chi connectivity index (χ1n) is 6.18. The van der Waals surface area contributed by atoms with Crippen molar-refractivity contribution in [2.45, 2.75) is 19.8 Å². The Morgan fingerprint density at radius 1 is 1.44 bits per heavy atom. The number of aromatic nitrogens is 2. The quantitative estimate of drug-likeness (QED) is 0.819. The number of nitrogens with zero attached hydrogens (tertiary/aromatic N) is 2. The second-order valence-electron chi connectivity index (χ2n) is 4.55. The largest absolute Gasteiger partial charge is 0.391 e. The molecule has 0 saturated heterocycles. The number of allylic oxidation sites excluding steroid dienone is 1. The molecule has 0 amide bonds. The molecule has 0 aromatic carbocycles. The molecule has 0 fully saturated rings. The Balaban J connectivity index is 2.11. The molecule has 3 heterocycles. The van der Waals surface area contributed by atoms with E-state index in [1.807, 2.05) is 37.5 Å². The summed E-state index contributed by atoms with van der Waals surface area (Å²) in [6.07, 6.45) is 5.57. The molecule has 2 aromatic heterocycles. The van der Waals surface area contributed by atoms with E-state index in [4.69, 9.17) is 0 Å². The zero-order valence-electron chi connectivity index (χ0n) is 10.3. The lowest BCUT2D eigenvalue weighted by Crippen LogP contribution is -2.18. The SMILES string of the molecule is Cc1nn2ccccc2c1C(=O)C1=CNCCC1. The van der Waals surface area contributed by atoms with Crippen LogP contribution in [0.1, 0.15) is 28.9 Å². The van der Waals surface area contributed by atoms with Crippen LogP contribution in [0.25, 0.3) is 5.52 Å². The van der Waals surface area contributed by atoms with Gasteiger partial charge in [-0.15, -0.1) is 0 Å². The van der Waals surface area contributed by atoms with Crippen LogP contribution in [0, 0.1) is 6.92 Å². The molecule has 18 heavy (non-hydrogen) atoms. The second kappa shape index (κ2) is 4.29. The maximum absolute atomic E-state index is 12.5. The minimum atomic E-state index is 0.0981. The molecule has 0 aliphatic carbocycles. The number of Topliss-reactive ketones (excluding diaryl/α,β-unsaturated/α-hetero) is 1. The van der Waals surface area contributed by atoms with Gasteiger partial charge in [0.2, 0.25) is 0 Å². The number of hydrogen-bond donors (Lipinski definition) is 1. The molecule has 0 spiro atoms. The Bertz CT molecular complexity index is 640. The van der Waals surface area contributed by atoms with E-state index in [0.29, 0.717) is 0 Å². The standard InChI is InChI=1S/C14H15N3O/c1-10-13(12-6-2-3-8-17(12)16-10)14(18)11-5-4-7-15-9-11/h2-3,6,8-9,15H,4-5,7H2,1H3. The zero-order valence-corrected chi connectivity index (χ0v) is 10.3. The molecule has 2 aromatic rings. The van der Waals surface area contributed by atoms with Gasteiger partial charge in [-0.3, -0.25) is 4.79 Å². The molecule has 0 bridgehead atoms. The molecule has 0 radical (unpaired) electrons. The number of fused-ring (bicyclic) bond motifs is 1. The van der Waals surface area contributed by atoms with Crippen LogP contribution in [-0.4, -0.2) is 21.9 Å². The minimum Gasteiger partial charge on any atom is -0.391 e. The average Bonchev–Trinajstić information content (AvgIpc) is 2.75. The molecule has 3 rings (SSSR count). The fraction of sp³-hybridized carbons (Fsp3) is 0.286. The van der Waals surface area contributed by atoms with Gasteiger partial charge in [-0.25, -0.2) is 4.52 Å². The summed E-state index contributed by atoms with van der Waals surface area (Å²) in [6.45, 7) is 2.83. The van der Waals surface area contributed by atoms with Crippen molar-refractivity contribution >= 4 is 11.3 Å². The average molecular weight is 241 g/mol. The van der Waals surface area contributed by atoms with Gasteiger partial charge in [0.15, 0.2) is 5.78 Å². The summed E-state index contributed by atoms with van der Waals surface area (Å²) in [5, 5.41) is 7.51. The fourth-order valence-corrected chi connectivity index (χ4v) is 2.39. The summed E-state index contributed by atoms with van der Waals surface area (Å²) in [4.78, 5) is 12.5. The second-order valence-corrected chi connectivity index (χ2v) is 4.55. The number of aryl methyl sites for hydroxylation is 1. The zero-order chi connectivity index (χ0) is 12.5. The molecular formula is C14H15N3O. The summed E-state index contributed by atoms with van der Waals surface area (Å²) < 4.78 is 1.76. The maximum atomic E-state index is 12.5. The van der Waals surface area contributed by atoms with E-state index < -0.39 is 0 Å². The number of nitrogens with one attached hydrogen (secondary N) is 1.